The van der Waals surface area contributed by atoms with Crippen LogP contribution in [0.1, 0.15) is 0 Å². The predicted octanol–water partition coefficient (Wildman–Crippen LogP) is 1.09. The number of thiocarbonyl (C=S) groups is 1. The number of hydrogen-bond acceptors (Lipinski definition) is 5. The quantitative estimate of drug-likeness (QED) is 0.841. The van der Waals surface area contributed by atoms with Crippen molar-refractivity contribution in [2.75, 3.05) is 50.9 Å². The number of hydrogen-bond donors (Lipinski definition) is 1. The minimum Gasteiger partial charge on any atom is -0.506 e. The molecule has 0 aromatic heterocycles. The van der Waals surface area contributed by atoms with E-state index in [0.29, 0.717) is 17.5 Å². The van der Waals surface area contributed by atoms with Gasteiger partial charge in [0.1, 0.15) is 12.4 Å². The minimum absolute atomic E-state index is 0.357. The van der Waals surface area contributed by atoms with Crippen LogP contribution in [-0.4, -0.2) is 66.1 Å². The molecule has 0 bridgehead atoms. The first-order chi connectivity index (χ1) is 9.74. The van der Waals surface area contributed by atoms with Gasteiger partial charge in [-0.25, -0.2) is 0 Å². The maximum absolute atomic E-state index is 9.90. The summed E-state index contributed by atoms with van der Waals surface area (Å²) in [5, 5.41) is 10.5. The van der Waals surface area contributed by atoms with Crippen LogP contribution in [0.3, 0.4) is 0 Å². The van der Waals surface area contributed by atoms with Gasteiger partial charge in [-0.05, 0) is 24.4 Å². The molecule has 3 rings (SSSR count). The number of piperazine rings is 1. The van der Waals surface area contributed by atoms with Crippen molar-refractivity contribution in [3.05, 3.63) is 24.3 Å². The van der Waals surface area contributed by atoms with Crippen molar-refractivity contribution >= 4 is 23.1 Å². The smallest absolute Gasteiger partial charge is 0.260 e. The number of rotatable bonds is 3. The van der Waals surface area contributed by atoms with E-state index in [1.807, 2.05) is 18.2 Å². The zero-order valence-electron chi connectivity index (χ0n) is 11.4. The van der Waals surface area contributed by atoms with E-state index in [4.69, 9.17) is 17.0 Å². The zero-order chi connectivity index (χ0) is 13.9. The highest BCUT2D eigenvalue weighted by Gasteiger charge is 2.24. The van der Waals surface area contributed by atoms with Gasteiger partial charge >= 0.3 is 0 Å². The van der Waals surface area contributed by atoms with Crippen LogP contribution < -0.4 is 4.90 Å². The van der Waals surface area contributed by atoms with Crippen LogP contribution in [0.15, 0.2) is 24.3 Å². The Hall–Kier alpha value is -1.53. The van der Waals surface area contributed by atoms with E-state index in [0.717, 1.165) is 45.1 Å². The number of phenolic OH excluding ortho intramolecular Hbond substituents is 1. The van der Waals surface area contributed by atoms with Gasteiger partial charge in [0.15, 0.2) is 0 Å². The molecule has 2 aliphatic rings. The van der Waals surface area contributed by atoms with Gasteiger partial charge < -0.3 is 19.6 Å². The Balaban J connectivity index is 1.54. The number of nitrogens with zero attached hydrogens (tertiary/aromatic N) is 3. The molecule has 0 spiro atoms. The number of benzene rings is 1. The van der Waals surface area contributed by atoms with Crippen LogP contribution in [0.2, 0.25) is 0 Å². The van der Waals surface area contributed by atoms with Crippen LogP contribution in [0, 0.1) is 0 Å². The molecule has 2 aliphatic heterocycles. The molecule has 1 aromatic carbocycles. The molecule has 0 atom stereocenters. The summed E-state index contributed by atoms with van der Waals surface area (Å²) in [6, 6.07) is 7.51. The molecule has 0 amide bonds. The third kappa shape index (κ3) is 2.81. The van der Waals surface area contributed by atoms with Crippen molar-refractivity contribution in [3.63, 3.8) is 0 Å². The molecule has 2 saturated heterocycles. The summed E-state index contributed by atoms with van der Waals surface area (Å²) >= 11 is 5.16. The number of phenols is 1. The van der Waals surface area contributed by atoms with Crippen molar-refractivity contribution in [1.82, 2.24) is 9.80 Å². The molecule has 1 aromatic rings. The summed E-state index contributed by atoms with van der Waals surface area (Å²) in [6.07, 6.45) is 0. The normalized spacial score (nSPS) is 20.3. The number of ether oxygens (including phenoxy) is 1. The summed E-state index contributed by atoms with van der Waals surface area (Å²) in [5.74, 6) is 0.357. The fourth-order valence-electron chi connectivity index (χ4n) is 2.66. The number of para-hydroxylation sites is 2. The third-order valence-corrected chi connectivity index (χ3v) is 4.19. The lowest BCUT2D eigenvalue weighted by Crippen LogP contribution is -2.50. The Morgan fingerprint density at radius 3 is 2.50 bits per heavy atom. The molecule has 0 unspecified atom stereocenters. The van der Waals surface area contributed by atoms with Gasteiger partial charge in [-0.1, -0.05) is 12.1 Å². The third-order valence-electron chi connectivity index (χ3n) is 3.81. The molecule has 2 heterocycles. The van der Waals surface area contributed by atoms with Crippen LogP contribution in [0.5, 0.6) is 5.75 Å². The van der Waals surface area contributed by atoms with E-state index < -0.39 is 0 Å². The number of anilines is 1. The van der Waals surface area contributed by atoms with E-state index >= 15 is 0 Å². The predicted molar refractivity (Wildman–Crippen MR) is 82.0 cm³/mol. The molecule has 2 fully saturated rings. The van der Waals surface area contributed by atoms with Crippen LogP contribution in [0.25, 0.3) is 0 Å². The molecule has 0 radical (unpaired) electrons. The molecule has 1 N–H and O–H groups in total. The van der Waals surface area contributed by atoms with Gasteiger partial charge in [-0.2, -0.15) is 0 Å². The Morgan fingerprint density at radius 2 is 1.85 bits per heavy atom. The summed E-state index contributed by atoms with van der Waals surface area (Å²) in [7, 11) is 0. The Labute approximate surface area is 124 Å². The first-order valence-corrected chi connectivity index (χ1v) is 7.32. The summed E-state index contributed by atoms with van der Waals surface area (Å²) in [5.41, 5.74) is 0.923. The van der Waals surface area contributed by atoms with Crippen LogP contribution in [0.4, 0.5) is 5.69 Å². The Morgan fingerprint density at radius 1 is 1.10 bits per heavy atom. The first-order valence-electron chi connectivity index (χ1n) is 6.91. The van der Waals surface area contributed by atoms with Crippen LogP contribution in [-0.2, 0) is 4.74 Å². The molecular formula is C14H19N3O2S. The fraction of sp³-hybridized carbons (Fsp3) is 0.500. The first kappa shape index (κ1) is 13.5. The van der Waals surface area contributed by atoms with Gasteiger partial charge in [-0.15, -0.1) is 0 Å². The Kier molecular flexibility index (Phi) is 3.93. The molecule has 108 valence electrons. The average Bonchev–Trinajstić information content (AvgIpc) is 2.86. The summed E-state index contributed by atoms with van der Waals surface area (Å²) in [6.45, 7) is 6.20. The topological polar surface area (TPSA) is 39.2 Å². The second-order valence-corrected chi connectivity index (χ2v) is 5.46. The van der Waals surface area contributed by atoms with E-state index in [1.54, 1.807) is 6.07 Å². The van der Waals surface area contributed by atoms with Crippen molar-refractivity contribution in [2.24, 2.45) is 0 Å². The van der Waals surface area contributed by atoms with E-state index in [9.17, 15) is 5.11 Å². The van der Waals surface area contributed by atoms with Crippen molar-refractivity contribution < 1.29 is 9.84 Å². The standard InChI is InChI=1S/C14H19N3O2S/c18-13-4-2-1-3-12(13)16-7-5-15(6-8-16)11-17-9-10-19-14(17)20/h1-4,18H,5-11H2. The highest BCUT2D eigenvalue weighted by Crippen LogP contribution is 2.27. The van der Waals surface area contributed by atoms with Gasteiger partial charge in [0, 0.05) is 26.2 Å². The summed E-state index contributed by atoms with van der Waals surface area (Å²) < 4.78 is 5.30. The molecule has 5 nitrogen and oxygen atoms in total. The maximum atomic E-state index is 9.90. The van der Waals surface area contributed by atoms with Gasteiger partial charge in [-0.3, -0.25) is 4.90 Å². The van der Waals surface area contributed by atoms with Crippen molar-refractivity contribution in [1.29, 1.82) is 0 Å². The SMILES string of the molecule is Oc1ccccc1N1CCN(CN2CCOC2=S)CC1. The van der Waals surface area contributed by atoms with E-state index in [1.165, 1.54) is 0 Å². The fourth-order valence-corrected chi connectivity index (χ4v) is 2.89. The lowest BCUT2D eigenvalue weighted by Gasteiger charge is -2.37. The lowest BCUT2D eigenvalue weighted by molar-refractivity contribution is 0.186. The van der Waals surface area contributed by atoms with Crippen molar-refractivity contribution in [2.45, 2.75) is 0 Å². The van der Waals surface area contributed by atoms with Gasteiger partial charge in [0.25, 0.3) is 5.17 Å². The molecule has 0 aliphatic carbocycles. The maximum Gasteiger partial charge on any atom is 0.260 e. The highest BCUT2D eigenvalue weighted by atomic mass is 32.1. The van der Waals surface area contributed by atoms with E-state index in [-0.39, 0.29) is 0 Å². The summed E-state index contributed by atoms with van der Waals surface area (Å²) in [4.78, 5) is 6.70. The molecular weight excluding hydrogens is 274 g/mol. The van der Waals surface area contributed by atoms with Gasteiger partial charge in [0.2, 0.25) is 0 Å². The molecule has 0 saturated carbocycles. The minimum atomic E-state index is 0.357. The average molecular weight is 293 g/mol. The highest BCUT2D eigenvalue weighted by molar-refractivity contribution is 7.80. The monoisotopic (exact) mass is 293 g/mol. The number of aromatic hydroxyl groups is 1. The largest absolute Gasteiger partial charge is 0.506 e. The van der Waals surface area contributed by atoms with E-state index in [2.05, 4.69) is 14.7 Å². The Bertz CT molecular complexity index is 489. The molecule has 6 heteroatoms. The van der Waals surface area contributed by atoms with Gasteiger partial charge in [0.05, 0.1) is 18.9 Å². The zero-order valence-corrected chi connectivity index (χ0v) is 12.2. The van der Waals surface area contributed by atoms with Crippen molar-refractivity contribution in [3.8, 4) is 5.75 Å². The second kappa shape index (κ2) is 5.85. The lowest BCUT2D eigenvalue weighted by atomic mass is 10.2. The second-order valence-electron chi connectivity index (χ2n) is 5.11. The van der Waals surface area contributed by atoms with Crippen LogP contribution >= 0.6 is 12.2 Å². The molecule has 20 heavy (non-hydrogen) atoms.